The lowest BCUT2D eigenvalue weighted by molar-refractivity contribution is 0.643. The number of rotatable bonds is 0. The average Bonchev–Trinajstić information content (AvgIpc) is 2.84. The number of imidazole rings is 1. The minimum atomic E-state index is 0.650. The van der Waals surface area contributed by atoms with Crippen LogP contribution in [0.4, 0.5) is 0 Å². The van der Waals surface area contributed by atoms with Gasteiger partial charge in [-0.25, -0.2) is 0 Å². The molecule has 0 saturated carbocycles. The molecule has 2 heterocycles. The van der Waals surface area contributed by atoms with Crippen molar-refractivity contribution in [3.63, 3.8) is 0 Å². The van der Waals surface area contributed by atoms with Gasteiger partial charge in [-0.3, -0.25) is 4.40 Å². The second-order valence-electron chi connectivity index (χ2n) is 4.05. The van der Waals surface area contributed by atoms with Crippen LogP contribution in [0, 0.1) is 0 Å². The lowest BCUT2D eigenvalue weighted by Crippen LogP contribution is -1.89. The summed E-state index contributed by atoms with van der Waals surface area (Å²) in [6.07, 6.45) is 0. The standard InChI is InChI=1S/C13H9N2OP/c17-8-5-6-9-11(7-8)15-10-3-1-2-4-12(10)16-13(15)14-9/h1-7H,17H2. The third-order valence-corrected chi connectivity index (χ3v) is 3.31. The summed E-state index contributed by atoms with van der Waals surface area (Å²) in [4.78, 5) is 4.48. The second kappa shape index (κ2) is 3.08. The van der Waals surface area contributed by atoms with Crippen molar-refractivity contribution in [2.24, 2.45) is 0 Å². The minimum absolute atomic E-state index is 0.650. The van der Waals surface area contributed by atoms with Crippen LogP contribution in [0.3, 0.4) is 0 Å². The molecule has 0 radical (unpaired) electrons. The molecule has 17 heavy (non-hydrogen) atoms. The van der Waals surface area contributed by atoms with Gasteiger partial charge in [0.15, 0.2) is 5.58 Å². The first-order chi connectivity index (χ1) is 8.33. The zero-order valence-corrected chi connectivity index (χ0v) is 10.1. The van der Waals surface area contributed by atoms with E-state index in [-0.39, 0.29) is 0 Å². The van der Waals surface area contributed by atoms with Crippen molar-refractivity contribution in [1.29, 1.82) is 0 Å². The first-order valence-electron chi connectivity index (χ1n) is 5.38. The van der Waals surface area contributed by atoms with Gasteiger partial charge in [-0.2, -0.15) is 4.98 Å². The van der Waals surface area contributed by atoms with Crippen molar-refractivity contribution in [3.05, 3.63) is 42.5 Å². The topological polar surface area (TPSA) is 30.4 Å². The highest BCUT2D eigenvalue weighted by Crippen LogP contribution is 2.24. The molecule has 2 aromatic heterocycles. The molecular formula is C13H9N2OP. The minimum Gasteiger partial charge on any atom is -0.423 e. The molecule has 3 nitrogen and oxygen atoms in total. The van der Waals surface area contributed by atoms with Gasteiger partial charge < -0.3 is 4.42 Å². The van der Waals surface area contributed by atoms with Gasteiger partial charge in [-0.1, -0.05) is 18.2 Å². The molecule has 4 heteroatoms. The van der Waals surface area contributed by atoms with E-state index < -0.39 is 0 Å². The Balaban J connectivity index is 2.33. The molecule has 0 saturated heterocycles. The van der Waals surface area contributed by atoms with Crippen LogP contribution in [0.1, 0.15) is 0 Å². The molecule has 0 bridgehead atoms. The molecule has 82 valence electrons. The third kappa shape index (κ3) is 1.17. The molecule has 2 aromatic carbocycles. The van der Waals surface area contributed by atoms with Gasteiger partial charge in [-0.15, -0.1) is 9.24 Å². The predicted octanol–water partition coefficient (Wildman–Crippen LogP) is 2.73. The lowest BCUT2D eigenvalue weighted by Gasteiger charge is -1.94. The zero-order valence-electron chi connectivity index (χ0n) is 8.92. The number of fused-ring (bicyclic) bond motifs is 5. The lowest BCUT2D eigenvalue weighted by atomic mass is 10.3. The molecule has 4 aromatic rings. The van der Waals surface area contributed by atoms with E-state index >= 15 is 0 Å². The summed E-state index contributed by atoms with van der Waals surface area (Å²) in [6.45, 7) is 0. The Hall–Kier alpha value is -1.86. The fraction of sp³-hybridized carbons (Fsp3) is 0. The van der Waals surface area contributed by atoms with Crippen LogP contribution in [0.5, 0.6) is 0 Å². The van der Waals surface area contributed by atoms with Gasteiger partial charge in [0.25, 0.3) is 0 Å². The van der Waals surface area contributed by atoms with Crippen LogP contribution >= 0.6 is 9.24 Å². The summed E-state index contributed by atoms with van der Waals surface area (Å²) in [5, 5.41) is 1.14. The fourth-order valence-electron chi connectivity index (χ4n) is 2.20. The fourth-order valence-corrected chi connectivity index (χ4v) is 2.45. The second-order valence-corrected chi connectivity index (χ2v) is 4.71. The zero-order chi connectivity index (χ0) is 11.4. The summed E-state index contributed by atoms with van der Waals surface area (Å²) < 4.78 is 7.78. The largest absolute Gasteiger partial charge is 0.423 e. The molecule has 4 rings (SSSR count). The van der Waals surface area contributed by atoms with E-state index in [0.29, 0.717) is 5.84 Å². The van der Waals surface area contributed by atoms with Crippen molar-refractivity contribution in [3.8, 4) is 0 Å². The first kappa shape index (κ1) is 9.20. The molecule has 1 atom stereocenters. The highest BCUT2D eigenvalue weighted by molar-refractivity contribution is 7.27. The van der Waals surface area contributed by atoms with E-state index in [1.165, 1.54) is 0 Å². The van der Waals surface area contributed by atoms with Crippen LogP contribution in [0.15, 0.2) is 46.9 Å². The average molecular weight is 240 g/mol. The maximum absolute atomic E-state index is 5.72. The Kier molecular flexibility index (Phi) is 1.67. The van der Waals surface area contributed by atoms with Crippen LogP contribution in [0.25, 0.3) is 28.0 Å². The summed E-state index contributed by atoms with van der Waals surface area (Å²) in [7, 11) is 2.71. The molecule has 0 aliphatic heterocycles. The Morgan fingerprint density at radius 3 is 2.88 bits per heavy atom. The van der Waals surface area contributed by atoms with E-state index in [1.54, 1.807) is 0 Å². The third-order valence-electron chi connectivity index (χ3n) is 2.96. The van der Waals surface area contributed by atoms with Crippen molar-refractivity contribution in [2.75, 3.05) is 0 Å². The number of para-hydroxylation sites is 2. The first-order valence-corrected chi connectivity index (χ1v) is 5.96. The van der Waals surface area contributed by atoms with Crippen molar-refractivity contribution >= 4 is 42.5 Å². The summed E-state index contributed by atoms with van der Waals surface area (Å²) >= 11 is 0. The van der Waals surface area contributed by atoms with E-state index in [9.17, 15) is 0 Å². The van der Waals surface area contributed by atoms with E-state index in [0.717, 1.165) is 27.4 Å². The van der Waals surface area contributed by atoms with Crippen molar-refractivity contribution in [2.45, 2.75) is 0 Å². The summed E-state index contributed by atoms with van der Waals surface area (Å²) in [6, 6.07) is 14.1. The van der Waals surface area contributed by atoms with Gasteiger partial charge in [-0.05, 0) is 29.6 Å². The molecule has 0 fully saturated rings. The molecule has 0 aliphatic carbocycles. The van der Waals surface area contributed by atoms with Crippen molar-refractivity contribution in [1.82, 2.24) is 9.38 Å². The summed E-state index contributed by atoms with van der Waals surface area (Å²) in [5.74, 6) is 0.650. The van der Waals surface area contributed by atoms with Gasteiger partial charge >= 0.3 is 5.84 Å². The number of hydrogen-bond acceptors (Lipinski definition) is 2. The van der Waals surface area contributed by atoms with Crippen LogP contribution in [-0.2, 0) is 0 Å². The van der Waals surface area contributed by atoms with Gasteiger partial charge in [0.2, 0.25) is 0 Å². The Bertz CT molecular complexity index is 860. The van der Waals surface area contributed by atoms with Crippen LogP contribution in [-0.4, -0.2) is 9.38 Å². The maximum atomic E-state index is 5.72. The van der Waals surface area contributed by atoms with E-state index in [2.05, 4.69) is 24.7 Å². The van der Waals surface area contributed by atoms with Gasteiger partial charge in [0, 0.05) is 0 Å². The Morgan fingerprint density at radius 2 is 1.94 bits per heavy atom. The van der Waals surface area contributed by atoms with Gasteiger partial charge in [0.05, 0.1) is 16.6 Å². The van der Waals surface area contributed by atoms with E-state index in [4.69, 9.17) is 4.42 Å². The number of oxazole rings is 1. The van der Waals surface area contributed by atoms with Gasteiger partial charge in [0.1, 0.15) is 0 Å². The normalized spacial score (nSPS) is 11.8. The molecule has 1 unspecified atom stereocenters. The highest BCUT2D eigenvalue weighted by Gasteiger charge is 2.11. The monoisotopic (exact) mass is 240 g/mol. The number of benzene rings is 2. The van der Waals surface area contributed by atoms with E-state index in [1.807, 2.05) is 36.4 Å². The number of hydrogen-bond donors (Lipinski definition) is 0. The van der Waals surface area contributed by atoms with Crippen LogP contribution < -0.4 is 5.30 Å². The molecule has 0 aliphatic rings. The number of nitrogens with zero attached hydrogens (tertiary/aromatic N) is 2. The Morgan fingerprint density at radius 1 is 1.06 bits per heavy atom. The smallest absolute Gasteiger partial charge is 0.307 e. The number of aromatic nitrogens is 2. The molecule has 0 N–H and O–H groups in total. The predicted molar refractivity (Wildman–Crippen MR) is 71.8 cm³/mol. The Labute approximate surface area is 99.3 Å². The maximum Gasteiger partial charge on any atom is 0.307 e. The van der Waals surface area contributed by atoms with Crippen molar-refractivity contribution < 1.29 is 4.42 Å². The highest BCUT2D eigenvalue weighted by atomic mass is 31.0. The molecule has 0 spiro atoms. The molecular weight excluding hydrogens is 231 g/mol. The quantitative estimate of drug-likeness (QED) is 0.442. The molecule has 0 amide bonds. The van der Waals surface area contributed by atoms with Crippen LogP contribution in [0.2, 0.25) is 0 Å². The SMILES string of the molecule is Pc1ccc2nc3oc4ccccc4n3c2c1. The summed E-state index contributed by atoms with van der Waals surface area (Å²) in [5.41, 5.74) is 3.96.